The van der Waals surface area contributed by atoms with Crippen molar-refractivity contribution in [2.24, 2.45) is 0 Å². The lowest BCUT2D eigenvalue weighted by atomic mass is 9.97. The quantitative estimate of drug-likeness (QED) is 0.732. The maximum absolute atomic E-state index is 13.8. The third kappa shape index (κ3) is 4.65. The molecule has 0 aliphatic carbocycles. The Morgan fingerprint density at radius 2 is 1.81 bits per heavy atom. The Hall–Kier alpha value is -1.19. The van der Waals surface area contributed by atoms with Gasteiger partial charge < -0.3 is 5.32 Å². The average molecular weight is 350 g/mol. The third-order valence-corrected chi connectivity index (χ3v) is 4.31. The standard InChI is InChI=1S/C18H21BrFN/c1-13(15-6-4-3-5-7-15)10-11-21-14(2)17-12-16(19)8-9-18(17)20/h3-9,12-14,21H,10-11H2,1-2H3. The number of rotatable bonds is 6. The molecule has 0 amide bonds. The lowest BCUT2D eigenvalue weighted by molar-refractivity contribution is 0.505. The summed E-state index contributed by atoms with van der Waals surface area (Å²) in [6.45, 7) is 5.09. The summed E-state index contributed by atoms with van der Waals surface area (Å²) < 4.78 is 14.7. The van der Waals surface area contributed by atoms with Crippen molar-refractivity contribution in [3.63, 3.8) is 0 Å². The van der Waals surface area contributed by atoms with E-state index in [1.807, 2.05) is 19.1 Å². The molecule has 21 heavy (non-hydrogen) atoms. The molecule has 0 bridgehead atoms. The molecule has 2 unspecified atom stereocenters. The van der Waals surface area contributed by atoms with Crippen LogP contribution in [-0.2, 0) is 0 Å². The molecule has 0 spiro atoms. The molecule has 2 atom stereocenters. The summed E-state index contributed by atoms with van der Waals surface area (Å²) in [6.07, 6.45) is 1.03. The van der Waals surface area contributed by atoms with Gasteiger partial charge in [-0.2, -0.15) is 0 Å². The number of halogens is 2. The maximum atomic E-state index is 13.8. The molecule has 1 nitrogen and oxygen atoms in total. The van der Waals surface area contributed by atoms with Crippen molar-refractivity contribution in [3.05, 3.63) is 69.9 Å². The molecule has 3 heteroatoms. The van der Waals surface area contributed by atoms with Crippen LogP contribution in [0.5, 0.6) is 0 Å². The second kappa shape index (κ2) is 7.71. The van der Waals surface area contributed by atoms with E-state index < -0.39 is 0 Å². The first-order valence-corrected chi connectivity index (χ1v) is 8.10. The van der Waals surface area contributed by atoms with Crippen molar-refractivity contribution in [1.82, 2.24) is 5.32 Å². The van der Waals surface area contributed by atoms with Crippen molar-refractivity contribution in [3.8, 4) is 0 Å². The summed E-state index contributed by atoms with van der Waals surface area (Å²) in [5.41, 5.74) is 2.05. The van der Waals surface area contributed by atoms with Gasteiger partial charge in [-0.05, 0) is 49.6 Å². The predicted octanol–water partition coefficient (Wildman–Crippen LogP) is 5.43. The molecule has 0 heterocycles. The van der Waals surface area contributed by atoms with Gasteiger partial charge in [-0.25, -0.2) is 4.39 Å². The molecule has 0 saturated heterocycles. The molecular weight excluding hydrogens is 329 g/mol. The SMILES string of the molecule is CC(CCNC(C)c1cc(Br)ccc1F)c1ccccc1. The van der Waals surface area contributed by atoms with E-state index in [-0.39, 0.29) is 11.9 Å². The van der Waals surface area contributed by atoms with Gasteiger partial charge in [-0.15, -0.1) is 0 Å². The van der Waals surface area contributed by atoms with Gasteiger partial charge in [0, 0.05) is 16.1 Å². The van der Waals surface area contributed by atoms with Crippen molar-refractivity contribution >= 4 is 15.9 Å². The van der Waals surface area contributed by atoms with Crippen molar-refractivity contribution in [2.45, 2.75) is 32.2 Å². The highest BCUT2D eigenvalue weighted by Gasteiger charge is 2.12. The van der Waals surface area contributed by atoms with E-state index in [1.54, 1.807) is 6.07 Å². The van der Waals surface area contributed by atoms with E-state index in [2.05, 4.69) is 52.4 Å². The first kappa shape index (κ1) is 16.2. The Morgan fingerprint density at radius 1 is 1.10 bits per heavy atom. The Morgan fingerprint density at radius 3 is 2.52 bits per heavy atom. The highest BCUT2D eigenvalue weighted by molar-refractivity contribution is 9.10. The van der Waals surface area contributed by atoms with E-state index in [9.17, 15) is 4.39 Å². The Bertz CT molecular complexity index is 571. The van der Waals surface area contributed by atoms with Crippen LogP contribution < -0.4 is 5.32 Å². The highest BCUT2D eigenvalue weighted by atomic mass is 79.9. The summed E-state index contributed by atoms with van der Waals surface area (Å²) in [4.78, 5) is 0. The van der Waals surface area contributed by atoms with Gasteiger partial charge in [0.1, 0.15) is 5.82 Å². The normalized spacial score (nSPS) is 13.9. The van der Waals surface area contributed by atoms with Crippen LogP contribution in [-0.4, -0.2) is 6.54 Å². The third-order valence-electron chi connectivity index (χ3n) is 3.82. The molecule has 0 radical (unpaired) electrons. The van der Waals surface area contributed by atoms with Crippen LogP contribution >= 0.6 is 15.9 Å². The Kier molecular flexibility index (Phi) is 5.95. The number of hydrogen-bond donors (Lipinski definition) is 1. The summed E-state index contributed by atoms with van der Waals surface area (Å²) in [7, 11) is 0. The Labute approximate surface area is 134 Å². The Balaban J connectivity index is 1.87. The summed E-state index contributed by atoms with van der Waals surface area (Å²) in [6, 6.07) is 15.6. The van der Waals surface area contributed by atoms with Gasteiger partial charge in [0.15, 0.2) is 0 Å². The van der Waals surface area contributed by atoms with Gasteiger partial charge in [0.05, 0.1) is 0 Å². The fourth-order valence-electron chi connectivity index (χ4n) is 2.42. The predicted molar refractivity (Wildman–Crippen MR) is 90.0 cm³/mol. The van der Waals surface area contributed by atoms with E-state index in [1.165, 1.54) is 11.6 Å². The second-order valence-electron chi connectivity index (χ2n) is 5.44. The average Bonchev–Trinajstić information content (AvgIpc) is 2.50. The minimum atomic E-state index is -0.158. The monoisotopic (exact) mass is 349 g/mol. The lowest BCUT2D eigenvalue weighted by Gasteiger charge is -2.18. The first-order chi connectivity index (χ1) is 10.1. The second-order valence-corrected chi connectivity index (χ2v) is 6.36. The minimum absolute atomic E-state index is 0.00507. The van der Waals surface area contributed by atoms with Crippen LogP contribution in [0.15, 0.2) is 53.0 Å². The molecular formula is C18H21BrFN. The first-order valence-electron chi connectivity index (χ1n) is 7.31. The number of benzene rings is 2. The fraction of sp³-hybridized carbons (Fsp3) is 0.333. The van der Waals surface area contributed by atoms with Crippen LogP contribution in [0.3, 0.4) is 0 Å². The molecule has 0 aliphatic rings. The highest BCUT2D eigenvalue weighted by Crippen LogP contribution is 2.22. The van der Waals surface area contributed by atoms with Crippen LogP contribution in [0.4, 0.5) is 4.39 Å². The number of hydrogen-bond acceptors (Lipinski definition) is 1. The van der Waals surface area contributed by atoms with E-state index in [0.29, 0.717) is 11.5 Å². The molecule has 2 rings (SSSR count). The van der Waals surface area contributed by atoms with E-state index >= 15 is 0 Å². The van der Waals surface area contributed by atoms with Crippen LogP contribution in [0.2, 0.25) is 0 Å². The summed E-state index contributed by atoms with van der Waals surface area (Å²) in [5.74, 6) is 0.340. The van der Waals surface area contributed by atoms with Gasteiger partial charge >= 0.3 is 0 Å². The summed E-state index contributed by atoms with van der Waals surface area (Å²) in [5, 5.41) is 3.41. The van der Waals surface area contributed by atoms with Gasteiger partial charge in [-0.3, -0.25) is 0 Å². The van der Waals surface area contributed by atoms with E-state index in [4.69, 9.17) is 0 Å². The smallest absolute Gasteiger partial charge is 0.128 e. The lowest BCUT2D eigenvalue weighted by Crippen LogP contribution is -2.22. The molecule has 2 aromatic rings. The minimum Gasteiger partial charge on any atom is -0.310 e. The zero-order valence-electron chi connectivity index (χ0n) is 12.4. The van der Waals surface area contributed by atoms with Gasteiger partial charge in [0.25, 0.3) is 0 Å². The van der Waals surface area contributed by atoms with Crippen molar-refractivity contribution in [1.29, 1.82) is 0 Å². The molecule has 0 aromatic heterocycles. The van der Waals surface area contributed by atoms with Crippen LogP contribution in [0.1, 0.15) is 43.4 Å². The molecule has 1 N–H and O–H groups in total. The molecule has 0 saturated carbocycles. The molecule has 0 fully saturated rings. The van der Waals surface area contributed by atoms with Crippen LogP contribution in [0.25, 0.3) is 0 Å². The van der Waals surface area contributed by atoms with Crippen molar-refractivity contribution < 1.29 is 4.39 Å². The van der Waals surface area contributed by atoms with Gasteiger partial charge in [0.2, 0.25) is 0 Å². The zero-order valence-corrected chi connectivity index (χ0v) is 14.0. The van der Waals surface area contributed by atoms with Crippen molar-refractivity contribution in [2.75, 3.05) is 6.54 Å². The topological polar surface area (TPSA) is 12.0 Å². The fourth-order valence-corrected chi connectivity index (χ4v) is 2.80. The molecule has 112 valence electrons. The van der Waals surface area contributed by atoms with E-state index in [0.717, 1.165) is 17.4 Å². The maximum Gasteiger partial charge on any atom is 0.128 e. The largest absolute Gasteiger partial charge is 0.310 e. The van der Waals surface area contributed by atoms with Gasteiger partial charge in [-0.1, -0.05) is 53.2 Å². The van der Waals surface area contributed by atoms with Crippen LogP contribution in [0, 0.1) is 5.82 Å². The summed E-state index contributed by atoms with van der Waals surface area (Å²) >= 11 is 3.39. The number of nitrogens with one attached hydrogen (secondary N) is 1. The molecule has 2 aromatic carbocycles. The molecule has 0 aliphatic heterocycles. The zero-order chi connectivity index (χ0) is 15.2.